The van der Waals surface area contributed by atoms with Gasteiger partial charge in [0.15, 0.2) is 17.5 Å². The summed E-state index contributed by atoms with van der Waals surface area (Å²) in [4.78, 5) is 2.20. The lowest BCUT2D eigenvalue weighted by Gasteiger charge is -2.43. The molecule has 1 saturated heterocycles. The Labute approximate surface area is 129 Å². The van der Waals surface area contributed by atoms with Crippen molar-refractivity contribution in [3.05, 3.63) is 35.1 Å². The average Bonchev–Trinajstić information content (AvgIpc) is 2.42. The van der Waals surface area contributed by atoms with Gasteiger partial charge in [-0.2, -0.15) is 0 Å². The molecule has 0 amide bonds. The smallest absolute Gasteiger partial charge is 0.194 e. The second kappa shape index (κ2) is 6.99. The fraction of sp³-hybridized carbons (Fsp3) is 0.600. The van der Waals surface area contributed by atoms with E-state index in [0.717, 1.165) is 51.5 Å². The summed E-state index contributed by atoms with van der Waals surface area (Å²) in [7, 11) is 0. The van der Waals surface area contributed by atoms with Gasteiger partial charge in [0.2, 0.25) is 0 Å². The standard InChI is InChI=1S/C15H19F3N2.ClH/c16-12-5-4-11(13(17)14(12)18)15(10-2-1-3-10)20-8-6-19-7-9-20;/h4-5,10,15,19H,1-3,6-9H2;1H/t15-;/m0./s1. The zero-order valence-corrected chi connectivity index (χ0v) is 12.6. The van der Waals surface area contributed by atoms with Crippen molar-refractivity contribution in [3.8, 4) is 0 Å². The molecule has 118 valence electrons. The highest BCUT2D eigenvalue weighted by molar-refractivity contribution is 5.85. The number of piperazine rings is 1. The van der Waals surface area contributed by atoms with Gasteiger partial charge in [-0.1, -0.05) is 12.5 Å². The summed E-state index contributed by atoms with van der Waals surface area (Å²) in [5, 5.41) is 3.26. The van der Waals surface area contributed by atoms with Crippen molar-refractivity contribution >= 4 is 12.4 Å². The Balaban J connectivity index is 0.00000161. The summed E-state index contributed by atoms with van der Waals surface area (Å²) >= 11 is 0. The molecule has 0 unspecified atom stereocenters. The second-order valence-electron chi connectivity index (χ2n) is 5.69. The van der Waals surface area contributed by atoms with Crippen molar-refractivity contribution in [2.24, 2.45) is 5.92 Å². The molecule has 1 atom stereocenters. The molecule has 1 aliphatic heterocycles. The van der Waals surface area contributed by atoms with E-state index in [1.54, 1.807) is 0 Å². The van der Waals surface area contributed by atoms with E-state index in [0.29, 0.717) is 11.5 Å². The zero-order chi connectivity index (χ0) is 14.1. The number of nitrogens with one attached hydrogen (secondary N) is 1. The third kappa shape index (κ3) is 3.20. The van der Waals surface area contributed by atoms with Crippen LogP contribution >= 0.6 is 12.4 Å². The minimum Gasteiger partial charge on any atom is -0.314 e. The lowest BCUT2D eigenvalue weighted by atomic mass is 9.76. The number of nitrogens with zero attached hydrogens (tertiary/aromatic N) is 1. The topological polar surface area (TPSA) is 15.3 Å². The quantitative estimate of drug-likeness (QED) is 0.860. The molecule has 1 aliphatic carbocycles. The fourth-order valence-corrected chi connectivity index (χ4v) is 3.23. The predicted octanol–water partition coefficient (Wildman–Crippen LogP) is 3.27. The summed E-state index contributed by atoms with van der Waals surface area (Å²) in [6, 6.07) is 2.33. The van der Waals surface area contributed by atoms with Crippen molar-refractivity contribution in [2.45, 2.75) is 25.3 Å². The van der Waals surface area contributed by atoms with Crippen molar-refractivity contribution < 1.29 is 13.2 Å². The van der Waals surface area contributed by atoms with Crippen LogP contribution in [0.1, 0.15) is 30.9 Å². The van der Waals surface area contributed by atoms with Crippen LogP contribution in [0, 0.1) is 23.4 Å². The lowest BCUT2D eigenvalue weighted by Crippen LogP contribution is -2.48. The second-order valence-corrected chi connectivity index (χ2v) is 5.69. The molecule has 2 aliphatic rings. The van der Waals surface area contributed by atoms with Crippen LogP contribution in [-0.2, 0) is 0 Å². The van der Waals surface area contributed by atoms with Crippen LogP contribution in [-0.4, -0.2) is 31.1 Å². The van der Waals surface area contributed by atoms with Gasteiger partial charge in [-0.15, -0.1) is 12.4 Å². The minimum absolute atomic E-state index is 0. The summed E-state index contributed by atoms with van der Waals surface area (Å²) < 4.78 is 40.8. The lowest BCUT2D eigenvalue weighted by molar-refractivity contribution is 0.0805. The maximum atomic E-state index is 14.1. The predicted molar refractivity (Wildman–Crippen MR) is 78.1 cm³/mol. The number of benzene rings is 1. The molecule has 0 radical (unpaired) electrons. The van der Waals surface area contributed by atoms with Crippen molar-refractivity contribution in [2.75, 3.05) is 26.2 Å². The van der Waals surface area contributed by atoms with Crippen molar-refractivity contribution in [1.29, 1.82) is 0 Å². The maximum absolute atomic E-state index is 14.1. The van der Waals surface area contributed by atoms with Crippen LogP contribution in [0.3, 0.4) is 0 Å². The van der Waals surface area contributed by atoms with Gasteiger partial charge in [0, 0.05) is 37.8 Å². The third-order valence-electron chi connectivity index (χ3n) is 4.53. The van der Waals surface area contributed by atoms with E-state index in [1.165, 1.54) is 6.07 Å². The first kappa shape index (κ1) is 16.6. The van der Waals surface area contributed by atoms with Crippen molar-refractivity contribution in [3.63, 3.8) is 0 Å². The van der Waals surface area contributed by atoms with Gasteiger partial charge in [-0.05, 0) is 24.8 Å². The zero-order valence-electron chi connectivity index (χ0n) is 11.7. The van der Waals surface area contributed by atoms with Gasteiger partial charge in [-0.25, -0.2) is 13.2 Å². The van der Waals surface area contributed by atoms with Crippen molar-refractivity contribution in [1.82, 2.24) is 10.2 Å². The van der Waals surface area contributed by atoms with Gasteiger partial charge < -0.3 is 5.32 Å². The van der Waals surface area contributed by atoms with Gasteiger partial charge in [0.25, 0.3) is 0 Å². The van der Waals surface area contributed by atoms with Crippen LogP contribution in [0.15, 0.2) is 12.1 Å². The molecule has 6 heteroatoms. The summed E-state index contributed by atoms with van der Waals surface area (Å²) in [6.45, 7) is 3.35. The SMILES string of the molecule is Cl.Fc1ccc([C@H](C2CCC2)N2CCNCC2)c(F)c1F. The van der Waals surface area contributed by atoms with Crippen LogP contribution < -0.4 is 5.32 Å². The Hall–Kier alpha value is -0.780. The molecule has 0 spiro atoms. The first-order valence-corrected chi connectivity index (χ1v) is 7.26. The highest BCUT2D eigenvalue weighted by Crippen LogP contribution is 2.42. The highest BCUT2D eigenvalue weighted by Gasteiger charge is 2.36. The maximum Gasteiger partial charge on any atom is 0.194 e. The highest BCUT2D eigenvalue weighted by atomic mass is 35.5. The average molecular weight is 321 g/mol. The number of hydrogen-bond donors (Lipinski definition) is 1. The molecule has 2 nitrogen and oxygen atoms in total. The van der Waals surface area contributed by atoms with Gasteiger partial charge >= 0.3 is 0 Å². The third-order valence-corrected chi connectivity index (χ3v) is 4.53. The van der Waals surface area contributed by atoms with Crippen LogP contribution in [0.2, 0.25) is 0 Å². The minimum atomic E-state index is -1.35. The van der Waals surface area contributed by atoms with Gasteiger partial charge in [0.1, 0.15) is 0 Å². The molecule has 1 aromatic carbocycles. The number of hydrogen-bond acceptors (Lipinski definition) is 2. The molecule has 3 rings (SSSR count). The number of halogens is 4. The van der Waals surface area contributed by atoms with Gasteiger partial charge in [0.05, 0.1) is 0 Å². The van der Waals surface area contributed by atoms with E-state index in [-0.39, 0.29) is 18.4 Å². The Morgan fingerprint density at radius 2 is 1.71 bits per heavy atom. The first-order chi connectivity index (χ1) is 9.68. The molecule has 1 heterocycles. The van der Waals surface area contributed by atoms with E-state index in [4.69, 9.17) is 0 Å². The largest absolute Gasteiger partial charge is 0.314 e. The monoisotopic (exact) mass is 320 g/mol. The molecule has 1 N–H and O–H groups in total. The Morgan fingerprint density at radius 1 is 1.05 bits per heavy atom. The Kier molecular flexibility index (Phi) is 5.52. The molecule has 1 saturated carbocycles. The molecular formula is C15H20ClF3N2. The summed E-state index contributed by atoms with van der Waals surface area (Å²) in [6.07, 6.45) is 3.21. The summed E-state index contributed by atoms with van der Waals surface area (Å²) in [5.74, 6) is -3.12. The molecule has 21 heavy (non-hydrogen) atoms. The molecule has 2 fully saturated rings. The Morgan fingerprint density at radius 3 is 2.29 bits per heavy atom. The van der Waals surface area contributed by atoms with E-state index in [9.17, 15) is 13.2 Å². The Bertz CT molecular complexity index is 488. The van der Waals surface area contributed by atoms with E-state index in [1.807, 2.05) is 0 Å². The van der Waals surface area contributed by atoms with E-state index < -0.39 is 17.5 Å². The van der Waals surface area contributed by atoms with E-state index in [2.05, 4.69) is 10.2 Å². The fourth-order valence-electron chi connectivity index (χ4n) is 3.23. The first-order valence-electron chi connectivity index (χ1n) is 7.26. The summed E-state index contributed by atoms with van der Waals surface area (Å²) in [5.41, 5.74) is 0.315. The van der Waals surface area contributed by atoms with Crippen LogP contribution in [0.25, 0.3) is 0 Å². The van der Waals surface area contributed by atoms with E-state index >= 15 is 0 Å². The normalized spacial score (nSPS) is 21.5. The molecule has 1 aromatic rings. The number of rotatable bonds is 3. The van der Waals surface area contributed by atoms with Crippen LogP contribution in [0.5, 0.6) is 0 Å². The molecule has 0 bridgehead atoms. The van der Waals surface area contributed by atoms with Gasteiger partial charge in [-0.3, -0.25) is 4.90 Å². The van der Waals surface area contributed by atoms with Crippen LogP contribution in [0.4, 0.5) is 13.2 Å². The molecule has 0 aromatic heterocycles. The molecular weight excluding hydrogens is 301 g/mol.